The molecule has 1 unspecified atom stereocenters. The number of carbonyl (C=O) groups excluding carboxylic acids is 1. The van der Waals surface area contributed by atoms with Gasteiger partial charge in [0.15, 0.2) is 0 Å². The third-order valence-electron chi connectivity index (χ3n) is 3.11. The van der Waals surface area contributed by atoms with Gasteiger partial charge in [0.1, 0.15) is 5.82 Å². The number of amides is 1. The number of piperidine rings is 1. The van der Waals surface area contributed by atoms with E-state index < -0.39 is 5.82 Å². The van der Waals surface area contributed by atoms with Crippen molar-refractivity contribution in [2.24, 2.45) is 5.92 Å². The largest absolute Gasteiger partial charge is 0.399 e. The smallest absolute Gasteiger partial charge is 0.254 e. The number of benzene rings is 1. The second-order valence-corrected chi connectivity index (χ2v) is 4.77. The number of hydrogen-bond acceptors (Lipinski definition) is 2. The highest BCUT2D eigenvalue weighted by molar-refractivity contribution is 5.95. The number of nitrogen functional groups attached to an aromatic ring is 1. The summed E-state index contributed by atoms with van der Waals surface area (Å²) in [7, 11) is 0. The Bertz CT molecular complexity index is 413. The summed E-state index contributed by atoms with van der Waals surface area (Å²) in [6, 6.07) is 4.00. The lowest BCUT2D eigenvalue weighted by atomic mass is 9.99. The lowest BCUT2D eigenvalue weighted by molar-refractivity contribution is 0.0682. The Balaban J connectivity index is 2.18. The number of halogens is 1. The summed E-state index contributed by atoms with van der Waals surface area (Å²) in [4.78, 5) is 13.9. The highest BCUT2D eigenvalue weighted by atomic mass is 19.1. The maximum atomic E-state index is 13.2. The van der Waals surface area contributed by atoms with Crippen LogP contribution in [0.15, 0.2) is 18.2 Å². The number of hydrogen-bond donors (Lipinski definition) is 1. The highest BCUT2D eigenvalue weighted by Gasteiger charge is 2.22. The van der Waals surface area contributed by atoms with Crippen LogP contribution in [-0.4, -0.2) is 23.9 Å². The summed E-state index contributed by atoms with van der Waals surface area (Å²) in [5.74, 6) is -0.0697. The molecule has 1 aromatic carbocycles. The minimum absolute atomic E-state index is 0.122. The normalized spacial score (nSPS) is 20.4. The third-order valence-corrected chi connectivity index (χ3v) is 3.11. The van der Waals surface area contributed by atoms with Crippen LogP contribution in [0, 0.1) is 11.7 Å². The fourth-order valence-corrected chi connectivity index (χ4v) is 2.29. The van der Waals surface area contributed by atoms with E-state index in [0.717, 1.165) is 25.9 Å². The molecule has 0 aromatic heterocycles. The average Bonchev–Trinajstić information content (AvgIpc) is 2.26. The minimum Gasteiger partial charge on any atom is -0.399 e. The van der Waals surface area contributed by atoms with Gasteiger partial charge in [-0.1, -0.05) is 6.92 Å². The van der Waals surface area contributed by atoms with Gasteiger partial charge in [0.2, 0.25) is 0 Å². The molecule has 1 fully saturated rings. The van der Waals surface area contributed by atoms with E-state index >= 15 is 0 Å². The Morgan fingerprint density at radius 1 is 1.47 bits per heavy atom. The van der Waals surface area contributed by atoms with Crippen LogP contribution in [0.5, 0.6) is 0 Å². The van der Waals surface area contributed by atoms with Crippen LogP contribution in [0.4, 0.5) is 10.1 Å². The predicted octanol–water partition coefficient (Wildman–Crippen LogP) is 2.28. The molecule has 0 saturated carbocycles. The van der Waals surface area contributed by atoms with Crippen LogP contribution in [0.1, 0.15) is 30.1 Å². The molecule has 1 aliphatic heterocycles. The molecule has 1 aromatic rings. The SMILES string of the molecule is CC1CCCN(C(=O)c2cc(N)cc(F)c2)C1. The van der Waals surface area contributed by atoms with Gasteiger partial charge in [0.05, 0.1) is 0 Å². The molecule has 1 amide bonds. The van der Waals surface area contributed by atoms with Crippen LogP contribution in [0.2, 0.25) is 0 Å². The molecule has 1 aliphatic rings. The van der Waals surface area contributed by atoms with Gasteiger partial charge < -0.3 is 10.6 Å². The zero-order valence-electron chi connectivity index (χ0n) is 9.95. The van der Waals surface area contributed by atoms with Crippen molar-refractivity contribution in [1.29, 1.82) is 0 Å². The highest BCUT2D eigenvalue weighted by Crippen LogP contribution is 2.19. The van der Waals surface area contributed by atoms with Gasteiger partial charge in [0.25, 0.3) is 5.91 Å². The van der Waals surface area contributed by atoms with Crippen molar-refractivity contribution < 1.29 is 9.18 Å². The molecular formula is C13H17FN2O. The van der Waals surface area contributed by atoms with E-state index in [2.05, 4.69) is 6.92 Å². The molecule has 2 N–H and O–H groups in total. The van der Waals surface area contributed by atoms with Crippen molar-refractivity contribution in [3.8, 4) is 0 Å². The van der Waals surface area contributed by atoms with Crippen LogP contribution in [-0.2, 0) is 0 Å². The van der Waals surface area contributed by atoms with E-state index in [9.17, 15) is 9.18 Å². The molecular weight excluding hydrogens is 219 g/mol. The summed E-state index contributed by atoms with van der Waals surface area (Å²) in [5, 5.41) is 0. The molecule has 1 heterocycles. The first kappa shape index (κ1) is 11.9. The van der Waals surface area contributed by atoms with Gasteiger partial charge in [0, 0.05) is 24.3 Å². The summed E-state index contributed by atoms with van der Waals surface area (Å²) in [6.45, 7) is 3.62. The maximum Gasteiger partial charge on any atom is 0.254 e. The number of anilines is 1. The van der Waals surface area contributed by atoms with E-state index in [4.69, 9.17) is 5.73 Å². The summed E-state index contributed by atoms with van der Waals surface area (Å²) >= 11 is 0. The van der Waals surface area contributed by atoms with E-state index in [1.54, 1.807) is 4.90 Å². The Hall–Kier alpha value is -1.58. The van der Waals surface area contributed by atoms with Crippen molar-refractivity contribution >= 4 is 11.6 Å². The van der Waals surface area contributed by atoms with Crippen LogP contribution < -0.4 is 5.73 Å². The molecule has 0 aliphatic carbocycles. The topological polar surface area (TPSA) is 46.3 Å². The molecule has 2 rings (SSSR count). The fourth-order valence-electron chi connectivity index (χ4n) is 2.29. The number of carbonyl (C=O) groups is 1. The fraction of sp³-hybridized carbons (Fsp3) is 0.462. The first-order valence-corrected chi connectivity index (χ1v) is 5.91. The molecule has 0 spiro atoms. The monoisotopic (exact) mass is 236 g/mol. The zero-order chi connectivity index (χ0) is 12.4. The molecule has 1 atom stereocenters. The number of rotatable bonds is 1. The van der Waals surface area contributed by atoms with Crippen molar-refractivity contribution in [2.75, 3.05) is 18.8 Å². The number of nitrogens with zero attached hydrogens (tertiary/aromatic N) is 1. The standard InChI is InChI=1S/C13H17FN2O/c1-9-3-2-4-16(8-9)13(17)10-5-11(14)7-12(15)6-10/h5-7,9H,2-4,8,15H2,1H3. The Kier molecular flexibility index (Phi) is 3.31. The van der Waals surface area contributed by atoms with E-state index in [1.165, 1.54) is 18.2 Å². The number of likely N-dealkylation sites (tertiary alicyclic amines) is 1. The quantitative estimate of drug-likeness (QED) is 0.760. The Labute approximate surface area is 100 Å². The van der Waals surface area contributed by atoms with E-state index in [1.807, 2.05) is 0 Å². The lowest BCUT2D eigenvalue weighted by Crippen LogP contribution is -2.39. The van der Waals surface area contributed by atoms with Gasteiger partial charge in [-0.05, 0) is 37.0 Å². The third kappa shape index (κ3) is 2.75. The van der Waals surface area contributed by atoms with Crippen LogP contribution in [0.3, 0.4) is 0 Å². The molecule has 92 valence electrons. The van der Waals surface area contributed by atoms with Gasteiger partial charge >= 0.3 is 0 Å². The second kappa shape index (κ2) is 4.73. The first-order valence-electron chi connectivity index (χ1n) is 5.91. The van der Waals surface area contributed by atoms with Gasteiger partial charge in [-0.15, -0.1) is 0 Å². The van der Waals surface area contributed by atoms with Crippen molar-refractivity contribution in [1.82, 2.24) is 4.90 Å². The second-order valence-electron chi connectivity index (χ2n) is 4.77. The van der Waals surface area contributed by atoms with Crippen molar-refractivity contribution in [3.05, 3.63) is 29.6 Å². The lowest BCUT2D eigenvalue weighted by Gasteiger charge is -2.31. The van der Waals surface area contributed by atoms with Gasteiger partial charge in [-0.25, -0.2) is 4.39 Å². The van der Waals surface area contributed by atoms with Crippen LogP contribution in [0.25, 0.3) is 0 Å². The Morgan fingerprint density at radius 3 is 2.88 bits per heavy atom. The van der Waals surface area contributed by atoms with E-state index in [0.29, 0.717) is 17.2 Å². The van der Waals surface area contributed by atoms with Crippen molar-refractivity contribution in [3.63, 3.8) is 0 Å². The van der Waals surface area contributed by atoms with Gasteiger partial charge in [-0.2, -0.15) is 0 Å². The molecule has 17 heavy (non-hydrogen) atoms. The average molecular weight is 236 g/mol. The zero-order valence-corrected chi connectivity index (χ0v) is 9.95. The van der Waals surface area contributed by atoms with Gasteiger partial charge in [-0.3, -0.25) is 4.79 Å². The maximum absolute atomic E-state index is 13.2. The first-order chi connectivity index (χ1) is 8.06. The molecule has 4 heteroatoms. The van der Waals surface area contributed by atoms with E-state index in [-0.39, 0.29) is 5.91 Å². The Morgan fingerprint density at radius 2 is 2.24 bits per heavy atom. The molecule has 1 saturated heterocycles. The molecule has 0 bridgehead atoms. The predicted molar refractivity (Wildman–Crippen MR) is 65.1 cm³/mol. The molecule has 3 nitrogen and oxygen atoms in total. The van der Waals surface area contributed by atoms with Crippen molar-refractivity contribution in [2.45, 2.75) is 19.8 Å². The molecule has 0 radical (unpaired) electrons. The van der Waals surface area contributed by atoms with Crippen LogP contribution >= 0.6 is 0 Å². The summed E-state index contributed by atoms with van der Waals surface area (Å²) in [6.07, 6.45) is 2.16. The summed E-state index contributed by atoms with van der Waals surface area (Å²) in [5.41, 5.74) is 6.18. The number of nitrogens with two attached hydrogens (primary N) is 1. The minimum atomic E-state index is -0.460. The summed E-state index contributed by atoms with van der Waals surface area (Å²) < 4.78 is 13.2.